The van der Waals surface area contributed by atoms with E-state index in [2.05, 4.69) is 5.32 Å². The van der Waals surface area contributed by atoms with Crippen LogP contribution in [0.2, 0.25) is 0 Å². The lowest BCUT2D eigenvalue weighted by molar-refractivity contribution is -0.136. The highest BCUT2D eigenvalue weighted by Crippen LogP contribution is 2.44. The number of carbonyl (C=O) groups is 1. The molecule has 3 rings (SSSR count). The number of pyridine rings is 1. The monoisotopic (exact) mass is 429 g/mol. The molecule has 0 aliphatic carbocycles. The van der Waals surface area contributed by atoms with E-state index in [1.807, 2.05) is 6.92 Å². The molecule has 2 heterocycles. The summed E-state index contributed by atoms with van der Waals surface area (Å²) in [4.78, 5) is 25.2. The number of carboxylic acids is 1. The van der Waals surface area contributed by atoms with E-state index in [0.29, 0.717) is 13.0 Å². The van der Waals surface area contributed by atoms with Crippen molar-refractivity contribution in [1.82, 2.24) is 9.88 Å². The number of aromatic carboxylic acids is 1. The smallest absolute Gasteiger partial charge is 0.420 e. The number of rotatable bonds is 6. The van der Waals surface area contributed by atoms with Crippen molar-refractivity contribution < 1.29 is 27.5 Å². The molecule has 0 spiro atoms. The molecule has 1 saturated heterocycles. The number of anilines is 1. The van der Waals surface area contributed by atoms with Gasteiger partial charge in [0.05, 0.1) is 16.6 Å². The number of nitrogens with one attached hydrogen (secondary N) is 1. The highest BCUT2D eigenvalue weighted by atomic mass is 19.4. The molecule has 1 aliphatic rings. The van der Waals surface area contributed by atoms with Crippen LogP contribution in [0.4, 0.5) is 23.2 Å². The van der Waals surface area contributed by atoms with Crippen LogP contribution in [-0.4, -0.2) is 41.8 Å². The summed E-state index contributed by atoms with van der Waals surface area (Å²) in [5, 5.41) is 11.8. The van der Waals surface area contributed by atoms with E-state index in [-0.39, 0.29) is 25.6 Å². The average molecular weight is 429 g/mol. The summed E-state index contributed by atoms with van der Waals surface area (Å²) in [5.74, 6) is -2.68. The van der Waals surface area contributed by atoms with Gasteiger partial charge in [-0.25, -0.2) is 9.18 Å². The normalized spacial score (nSPS) is 17.1. The Morgan fingerprint density at radius 1 is 1.33 bits per heavy atom. The molecule has 1 fully saturated rings. The van der Waals surface area contributed by atoms with E-state index in [9.17, 15) is 27.9 Å². The predicted molar refractivity (Wildman–Crippen MR) is 105 cm³/mol. The van der Waals surface area contributed by atoms with Crippen LogP contribution >= 0.6 is 0 Å². The van der Waals surface area contributed by atoms with E-state index in [1.54, 1.807) is 0 Å². The summed E-state index contributed by atoms with van der Waals surface area (Å²) in [6, 6.07) is 0.735. The zero-order chi connectivity index (χ0) is 22.2. The van der Waals surface area contributed by atoms with Crippen molar-refractivity contribution in [1.29, 1.82) is 0 Å². The first kappa shape index (κ1) is 22.1. The van der Waals surface area contributed by atoms with Gasteiger partial charge in [0.1, 0.15) is 16.9 Å². The van der Waals surface area contributed by atoms with Gasteiger partial charge in [-0.15, -0.1) is 0 Å². The van der Waals surface area contributed by atoms with Crippen molar-refractivity contribution in [3.63, 3.8) is 0 Å². The van der Waals surface area contributed by atoms with Gasteiger partial charge < -0.3 is 19.9 Å². The molecule has 0 bridgehead atoms. The number of aromatic nitrogens is 1. The van der Waals surface area contributed by atoms with Crippen LogP contribution in [0.3, 0.4) is 0 Å². The summed E-state index contributed by atoms with van der Waals surface area (Å²) in [6.45, 7) is 5.28. The Kier molecular flexibility index (Phi) is 6.07. The van der Waals surface area contributed by atoms with Gasteiger partial charge in [-0.1, -0.05) is 6.92 Å². The van der Waals surface area contributed by atoms with Crippen LogP contribution in [0.15, 0.2) is 17.1 Å². The minimum atomic E-state index is -4.94. The first-order valence-corrected chi connectivity index (χ1v) is 9.75. The number of halogens is 4. The van der Waals surface area contributed by atoms with Crippen LogP contribution < -0.4 is 15.6 Å². The number of benzene rings is 1. The summed E-state index contributed by atoms with van der Waals surface area (Å²) >= 11 is 0. The van der Waals surface area contributed by atoms with E-state index in [0.717, 1.165) is 23.4 Å². The Labute approximate surface area is 170 Å². The summed E-state index contributed by atoms with van der Waals surface area (Å²) < 4.78 is 58.6. The lowest BCUT2D eigenvalue weighted by Crippen LogP contribution is -2.29. The van der Waals surface area contributed by atoms with Crippen LogP contribution in [0.5, 0.6) is 0 Å². The van der Waals surface area contributed by atoms with E-state index in [1.165, 1.54) is 11.8 Å². The van der Waals surface area contributed by atoms with Crippen LogP contribution in [0.25, 0.3) is 10.9 Å². The minimum absolute atomic E-state index is 0.0196. The molecule has 0 amide bonds. The van der Waals surface area contributed by atoms with Crippen molar-refractivity contribution >= 4 is 22.6 Å². The number of hydrogen-bond donors (Lipinski definition) is 2. The van der Waals surface area contributed by atoms with Gasteiger partial charge in [0.2, 0.25) is 5.43 Å². The lowest BCUT2D eigenvalue weighted by atomic mass is 10.0. The van der Waals surface area contributed by atoms with Gasteiger partial charge in [-0.05, 0) is 38.4 Å². The number of carboxylic acid groups (broad SMARTS) is 1. The molecule has 0 radical (unpaired) electrons. The highest BCUT2D eigenvalue weighted by molar-refractivity contribution is 5.95. The summed E-state index contributed by atoms with van der Waals surface area (Å²) in [6.07, 6.45) is -3.44. The number of fused-ring (bicyclic) bond motifs is 1. The van der Waals surface area contributed by atoms with Gasteiger partial charge in [-0.2, -0.15) is 13.2 Å². The Balaban J connectivity index is 2.29. The third-order valence-corrected chi connectivity index (χ3v) is 5.43. The molecular weight excluding hydrogens is 406 g/mol. The standard InChI is InChI=1S/C20H23F4N3O3/c1-3-25-8-11-5-6-27(9-11)17-14(21)7-12-16(15(17)20(22,23)24)26(4-2)10-13(18(12)28)19(29)30/h7,10-11,25H,3-6,8-9H2,1-2H3,(H,29,30). The number of alkyl halides is 3. The van der Waals surface area contributed by atoms with Gasteiger partial charge in [0, 0.05) is 25.8 Å². The second-order valence-electron chi connectivity index (χ2n) is 7.35. The molecule has 1 unspecified atom stereocenters. The van der Waals surface area contributed by atoms with Gasteiger partial charge in [0.15, 0.2) is 0 Å². The molecule has 1 aromatic heterocycles. The van der Waals surface area contributed by atoms with Crippen molar-refractivity contribution in [3.8, 4) is 0 Å². The molecule has 10 heteroatoms. The fourth-order valence-electron chi connectivity index (χ4n) is 4.06. The summed E-state index contributed by atoms with van der Waals surface area (Å²) in [5.41, 5.74) is -4.15. The second kappa shape index (κ2) is 8.25. The molecule has 6 nitrogen and oxygen atoms in total. The Morgan fingerprint density at radius 3 is 2.60 bits per heavy atom. The molecule has 2 N–H and O–H groups in total. The first-order valence-electron chi connectivity index (χ1n) is 9.75. The molecule has 0 saturated carbocycles. The molecule has 2 aromatic rings. The quantitative estimate of drug-likeness (QED) is 0.690. The van der Waals surface area contributed by atoms with E-state index < -0.39 is 51.1 Å². The lowest BCUT2D eigenvalue weighted by Gasteiger charge is -2.26. The van der Waals surface area contributed by atoms with Gasteiger partial charge >= 0.3 is 12.1 Å². The second-order valence-corrected chi connectivity index (χ2v) is 7.35. The maximum Gasteiger partial charge on any atom is 0.420 e. The van der Waals surface area contributed by atoms with Crippen molar-refractivity contribution in [2.75, 3.05) is 31.1 Å². The van der Waals surface area contributed by atoms with Crippen molar-refractivity contribution in [2.24, 2.45) is 5.92 Å². The minimum Gasteiger partial charge on any atom is -0.477 e. The molecule has 164 valence electrons. The molecule has 1 atom stereocenters. The zero-order valence-corrected chi connectivity index (χ0v) is 16.6. The molecule has 1 aromatic carbocycles. The fraction of sp³-hybridized carbons (Fsp3) is 0.500. The largest absolute Gasteiger partial charge is 0.477 e. The Morgan fingerprint density at radius 2 is 2.03 bits per heavy atom. The first-order chi connectivity index (χ1) is 14.1. The van der Waals surface area contributed by atoms with Crippen LogP contribution in [0, 0.1) is 11.7 Å². The maximum absolute atomic E-state index is 15.0. The van der Waals surface area contributed by atoms with E-state index >= 15 is 4.39 Å². The third kappa shape index (κ3) is 3.88. The maximum atomic E-state index is 15.0. The fourth-order valence-corrected chi connectivity index (χ4v) is 4.06. The van der Waals surface area contributed by atoms with Gasteiger partial charge in [0.25, 0.3) is 0 Å². The van der Waals surface area contributed by atoms with Crippen molar-refractivity contribution in [2.45, 2.75) is 33.0 Å². The highest BCUT2D eigenvalue weighted by Gasteiger charge is 2.41. The SMILES string of the molecule is CCNCC1CCN(c2c(F)cc3c(=O)c(C(=O)O)cn(CC)c3c2C(F)(F)F)C1. The summed E-state index contributed by atoms with van der Waals surface area (Å²) in [7, 11) is 0. The third-order valence-electron chi connectivity index (χ3n) is 5.43. The zero-order valence-electron chi connectivity index (χ0n) is 16.6. The van der Waals surface area contributed by atoms with Crippen molar-refractivity contribution in [3.05, 3.63) is 39.4 Å². The van der Waals surface area contributed by atoms with Gasteiger partial charge in [-0.3, -0.25) is 4.79 Å². The molecule has 30 heavy (non-hydrogen) atoms. The van der Waals surface area contributed by atoms with Crippen LogP contribution in [-0.2, 0) is 12.7 Å². The number of aryl methyl sites for hydroxylation is 1. The average Bonchev–Trinajstić information content (AvgIpc) is 3.13. The van der Waals surface area contributed by atoms with E-state index in [4.69, 9.17) is 0 Å². The predicted octanol–water partition coefficient (Wildman–Crippen LogP) is 3.31. The topological polar surface area (TPSA) is 74.6 Å². The Bertz CT molecular complexity index is 1030. The van der Waals surface area contributed by atoms with Crippen LogP contribution in [0.1, 0.15) is 36.2 Å². The number of nitrogens with zero attached hydrogens (tertiary/aromatic N) is 2. The molecule has 1 aliphatic heterocycles. The molecular formula is C20H23F4N3O3. The Hall–Kier alpha value is -2.62. The number of hydrogen-bond acceptors (Lipinski definition) is 4.